The molecule has 0 spiro atoms. The third-order valence-corrected chi connectivity index (χ3v) is 5.09. The molecule has 1 aromatic heterocycles. The number of halogens is 2. The van der Waals surface area contributed by atoms with Gasteiger partial charge in [-0.25, -0.2) is 4.98 Å². The van der Waals surface area contributed by atoms with Crippen molar-refractivity contribution in [3.05, 3.63) is 42.7 Å². The highest BCUT2D eigenvalue weighted by molar-refractivity contribution is 9.11. The van der Waals surface area contributed by atoms with Gasteiger partial charge in [-0.15, -0.1) is 11.3 Å². The molecule has 0 atom stereocenters. The first-order valence-corrected chi connectivity index (χ1v) is 8.73. The zero-order valence-electron chi connectivity index (χ0n) is 11.3. The van der Waals surface area contributed by atoms with Crippen molar-refractivity contribution in [2.24, 2.45) is 5.73 Å². The van der Waals surface area contributed by atoms with Crippen LogP contribution in [0.4, 0.5) is 0 Å². The molecule has 0 radical (unpaired) electrons. The van der Waals surface area contributed by atoms with E-state index in [1.807, 2.05) is 17.5 Å². The SMILES string of the molecule is CC(C)c1nc(COc2c(Br)cc(CN)cc2Br)cs1. The number of hydrogen-bond donors (Lipinski definition) is 1. The zero-order valence-corrected chi connectivity index (χ0v) is 15.3. The Morgan fingerprint density at radius 3 is 2.45 bits per heavy atom. The van der Waals surface area contributed by atoms with E-state index in [1.54, 1.807) is 11.3 Å². The van der Waals surface area contributed by atoms with Crippen LogP contribution < -0.4 is 10.5 Å². The molecule has 0 aliphatic heterocycles. The summed E-state index contributed by atoms with van der Waals surface area (Å²) in [6, 6.07) is 3.95. The fraction of sp³-hybridized carbons (Fsp3) is 0.357. The normalized spacial score (nSPS) is 11.1. The number of aromatic nitrogens is 1. The molecule has 0 fully saturated rings. The van der Waals surface area contributed by atoms with Crippen LogP contribution in [0.2, 0.25) is 0 Å². The van der Waals surface area contributed by atoms with Gasteiger partial charge in [-0.2, -0.15) is 0 Å². The second-order valence-electron chi connectivity index (χ2n) is 4.71. The molecule has 108 valence electrons. The van der Waals surface area contributed by atoms with Crippen LogP contribution in [0, 0.1) is 0 Å². The van der Waals surface area contributed by atoms with Crippen molar-refractivity contribution < 1.29 is 4.74 Å². The van der Waals surface area contributed by atoms with Gasteiger partial charge in [0.25, 0.3) is 0 Å². The van der Waals surface area contributed by atoms with Gasteiger partial charge in [0.05, 0.1) is 19.6 Å². The lowest BCUT2D eigenvalue weighted by atomic mass is 10.2. The van der Waals surface area contributed by atoms with Crippen molar-refractivity contribution in [1.29, 1.82) is 0 Å². The molecule has 6 heteroatoms. The maximum atomic E-state index is 5.86. The molecule has 3 nitrogen and oxygen atoms in total. The number of nitrogens with two attached hydrogens (primary N) is 1. The summed E-state index contributed by atoms with van der Waals surface area (Å²) in [4.78, 5) is 4.56. The average Bonchev–Trinajstić information content (AvgIpc) is 2.86. The van der Waals surface area contributed by atoms with Crippen molar-refractivity contribution >= 4 is 43.2 Å². The third-order valence-electron chi connectivity index (χ3n) is 2.72. The van der Waals surface area contributed by atoms with E-state index < -0.39 is 0 Å². The number of nitrogens with zero attached hydrogens (tertiary/aromatic N) is 1. The Morgan fingerprint density at radius 1 is 1.30 bits per heavy atom. The third kappa shape index (κ3) is 3.81. The lowest BCUT2D eigenvalue weighted by Gasteiger charge is -2.11. The molecule has 0 aliphatic rings. The molecule has 1 heterocycles. The minimum Gasteiger partial charge on any atom is -0.485 e. The molecule has 2 aromatic rings. The summed E-state index contributed by atoms with van der Waals surface area (Å²) < 4.78 is 7.65. The fourth-order valence-corrected chi connectivity index (χ4v) is 4.00. The van der Waals surface area contributed by atoms with E-state index in [-0.39, 0.29) is 0 Å². The van der Waals surface area contributed by atoms with E-state index in [4.69, 9.17) is 10.5 Å². The number of hydrogen-bond acceptors (Lipinski definition) is 4. The van der Waals surface area contributed by atoms with Crippen LogP contribution in [0.3, 0.4) is 0 Å². The van der Waals surface area contributed by atoms with Gasteiger partial charge in [0.2, 0.25) is 0 Å². The number of thiazole rings is 1. The molecule has 20 heavy (non-hydrogen) atoms. The van der Waals surface area contributed by atoms with Crippen molar-refractivity contribution in [3.8, 4) is 5.75 Å². The van der Waals surface area contributed by atoms with Crippen LogP contribution in [-0.4, -0.2) is 4.98 Å². The Kier molecular flexibility index (Phi) is 5.60. The van der Waals surface area contributed by atoms with Crippen LogP contribution in [-0.2, 0) is 13.2 Å². The van der Waals surface area contributed by atoms with Gasteiger partial charge in [0, 0.05) is 17.8 Å². The van der Waals surface area contributed by atoms with E-state index in [2.05, 4.69) is 50.7 Å². The predicted octanol–water partition coefficient (Wildman–Crippen LogP) is 4.83. The molecule has 2 rings (SSSR count). The Bertz CT molecular complexity index is 576. The molecule has 0 unspecified atom stereocenters. The van der Waals surface area contributed by atoms with Gasteiger partial charge in [0.15, 0.2) is 0 Å². The topological polar surface area (TPSA) is 48.1 Å². The smallest absolute Gasteiger partial charge is 0.148 e. The summed E-state index contributed by atoms with van der Waals surface area (Å²) in [5.74, 6) is 1.23. The molecule has 0 aliphatic carbocycles. The van der Waals surface area contributed by atoms with Gasteiger partial charge in [-0.1, -0.05) is 13.8 Å². The largest absolute Gasteiger partial charge is 0.485 e. The Morgan fingerprint density at radius 2 is 1.95 bits per heavy atom. The van der Waals surface area contributed by atoms with E-state index in [0.29, 0.717) is 19.1 Å². The van der Waals surface area contributed by atoms with E-state index >= 15 is 0 Å². The minimum absolute atomic E-state index is 0.455. The maximum absolute atomic E-state index is 5.86. The lowest BCUT2D eigenvalue weighted by molar-refractivity contribution is 0.298. The summed E-state index contributed by atoms with van der Waals surface area (Å²) in [6.45, 7) is 5.24. The van der Waals surface area contributed by atoms with E-state index in [9.17, 15) is 0 Å². The lowest BCUT2D eigenvalue weighted by Crippen LogP contribution is -2.00. The highest BCUT2D eigenvalue weighted by atomic mass is 79.9. The van der Waals surface area contributed by atoms with Gasteiger partial charge in [0.1, 0.15) is 12.4 Å². The van der Waals surface area contributed by atoms with Crippen LogP contribution in [0.25, 0.3) is 0 Å². The molecular formula is C14H16Br2N2OS. The molecule has 2 N–H and O–H groups in total. The number of rotatable bonds is 5. The van der Waals surface area contributed by atoms with Gasteiger partial charge in [-0.3, -0.25) is 0 Å². The van der Waals surface area contributed by atoms with Gasteiger partial charge < -0.3 is 10.5 Å². The van der Waals surface area contributed by atoms with Crippen LogP contribution in [0.5, 0.6) is 5.75 Å². The molecule has 0 saturated carbocycles. The first-order chi connectivity index (χ1) is 9.51. The Balaban J connectivity index is 2.10. The summed E-state index contributed by atoms with van der Waals surface area (Å²) in [5.41, 5.74) is 7.65. The van der Waals surface area contributed by atoms with Crippen molar-refractivity contribution in [2.75, 3.05) is 0 Å². The number of ether oxygens (including phenoxy) is 1. The van der Waals surface area contributed by atoms with Gasteiger partial charge >= 0.3 is 0 Å². The van der Waals surface area contributed by atoms with Crippen molar-refractivity contribution in [3.63, 3.8) is 0 Å². The van der Waals surface area contributed by atoms with E-state index in [1.165, 1.54) is 0 Å². The molecule has 0 saturated heterocycles. The van der Waals surface area contributed by atoms with Crippen LogP contribution in [0.1, 0.15) is 36.0 Å². The molecule has 0 amide bonds. The monoisotopic (exact) mass is 418 g/mol. The number of benzene rings is 1. The summed E-state index contributed by atoms with van der Waals surface area (Å²) in [6.07, 6.45) is 0. The zero-order chi connectivity index (χ0) is 14.7. The highest BCUT2D eigenvalue weighted by Crippen LogP contribution is 2.35. The summed E-state index contributed by atoms with van der Waals surface area (Å²) >= 11 is 8.70. The van der Waals surface area contributed by atoms with E-state index in [0.717, 1.165) is 31.0 Å². The predicted molar refractivity (Wildman–Crippen MR) is 90.3 cm³/mol. The molecule has 0 bridgehead atoms. The first kappa shape index (κ1) is 15.9. The highest BCUT2D eigenvalue weighted by Gasteiger charge is 2.11. The maximum Gasteiger partial charge on any atom is 0.148 e. The summed E-state index contributed by atoms with van der Waals surface area (Å²) in [5, 5.41) is 3.19. The fourth-order valence-electron chi connectivity index (χ4n) is 1.67. The van der Waals surface area contributed by atoms with Crippen LogP contribution in [0.15, 0.2) is 26.5 Å². The van der Waals surface area contributed by atoms with Crippen LogP contribution >= 0.6 is 43.2 Å². The Hall–Kier alpha value is -0.430. The molecule has 1 aromatic carbocycles. The first-order valence-electron chi connectivity index (χ1n) is 6.26. The Labute approximate surface area is 139 Å². The van der Waals surface area contributed by atoms with Crippen molar-refractivity contribution in [2.45, 2.75) is 32.9 Å². The second kappa shape index (κ2) is 7.02. The molecular weight excluding hydrogens is 404 g/mol. The average molecular weight is 420 g/mol. The minimum atomic E-state index is 0.455. The second-order valence-corrected chi connectivity index (χ2v) is 7.31. The quantitative estimate of drug-likeness (QED) is 0.754. The standard InChI is InChI=1S/C14H16Br2N2OS/c1-8(2)14-18-10(7-20-14)6-19-13-11(15)3-9(5-17)4-12(13)16/h3-4,7-8H,5-6,17H2,1-2H3. The summed E-state index contributed by atoms with van der Waals surface area (Å²) in [7, 11) is 0. The van der Waals surface area contributed by atoms with Gasteiger partial charge in [-0.05, 0) is 49.6 Å². The van der Waals surface area contributed by atoms with Crippen molar-refractivity contribution in [1.82, 2.24) is 4.98 Å².